The molecule has 3 N–H and O–H groups in total. The molecule has 23 heavy (non-hydrogen) atoms. The van der Waals surface area contributed by atoms with Gasteiger partial charge in [0.2, 0.25) is 0 Å². The van der Waals surface area contributed by atoms with Gasteiger partial charge in [0.1, 0.15) is 6.10 Å². The molecule has 8 nitrogen and oxygen atoms in total. The molecule has 0 aliphatic heterocycles. The maximum Gasteiger partial charge on any atom is 0.336 e. The number of aromatic carboxylic acids is 1. The maximum absolute atomic E-state index is 11.4. The normalized spacial score (nSPS) is 13.1. The number of ether oxygens (including phenoxy) is 3. The highest BCUT2D eigenvalue weighted by Crippen LogP contribution is 2.34. The van der Waals surface area contributed by atoms with Crippen molar-refractivity contribution in [3.05, 3.63) is 23.3 Å². The van der Waals surface area contributed by atoms with Gasteiger partial charge in [0, 0.05) is 5.56 Å². The second-order valence-corrected chi connectivity index (χ2v) is 4.62. The van der Waals surface area contributed by atoms with Gasteiger partial charge in [-0.25, -0.2) is 4.79 Å². The van der Waals surface area contributed by atoms with Crippen LogP contribution in [0.3, 0.4) is 0 Å². The average Bonchev–Trinajstić information content (AvgIpc) is 2.52. The van der Waals surface area contributed by atoms with Gasteiger partial charge in [-0.1, -0.05) is 0 Å². The van der Waals surface area contributed by atoms with Gasteiger partial charge in [-0.3, -0.25) is 4.79 Å². The molecule has 1 aromatic rings. The molecular weight excluding hydrogens is 308 g/mol. The molecule has 2 atom stereocenters. The summed E-state index contributed by atoms with van der Waals surface area (Å²) in [6.07, 6.45) is -3.60. The zero-order valence-electron chi connectivity index (χ0n) is 13.1. The molecule has 0 heterocycles. The van der Waals surface area contributed by atoms with E-state index in [-0.39, 0.29) is 29.2 Å². The van der Waals surface area contributed by atoms with E-state index in [1.807, 2.05) is 0 Å². The molecule has 2 unspecified atom stereocenters. The molecule has 0 aliphatic carbocycles. The number of methoxy groups -OCH3 is 2. The number of hydrogen-bond acceptors (Lipinski definition) is 7. The number of carboxylic acid groups (broad SMARTS) is 1. The molecule has 0 aliphatic rings. The summed E-state index contributed by atoms with van der Waals surface area (Å²) >= 11 is 0. The largest absolute Gasteiger partial charge is 0.493 e. The lowest BCUT2D eigenvalue weighted by Crippen LogP contribution is -2.24. The van der Waals surface area contributed by atoms with Crippen molar-refractivity contribution in [2.45, 2.75) is 25.6 Å². The van der Waals surface area contributed by atoms with Crippen LogP contribution in [-0.2, 0) is 9.53 Å². The van der Waals surface area contributed by atoms with E-state index >= 15 is 0 Å². The Morgan fingerprint density at radius 1 is 1.13 bits per heavy atom. The SMILES string of the molecule is CCOC(=O)CC(O)C(O)c1cc(OC)c(OC)cc1C(=O)O. The second-order valence-electron chi connectivity index (χ2n) is 4.62. The molecule has 0 saturated heterocycles. The third-order valence-corrected chi connectivity index (χ3v) is 3.15. The summed E-state index contributed by atoms with van der Waals surface area (Å²) in [6, 6.07) is 2.43. The smallest absolute Gasteiger partial charge is 0.336 e. The Kier molecular flexibility index (Phi) is 6.80. The van der Waals surface area contributed by atoms with Gasteiger partial charge in [-0.15, -0.1) is 0 Å². The summed E-state index contributed by atoms with van der Waals surface area (Å²) in [5.74, 6) is -1.66. The van der Waals surface area contributed by atoms with Gasteiger partial charge in [0.05, 0.1) is 38.9 Å². The quantitative estimate of drug-likeness (QED) is 0.597. The fraction of sp³-hybridized carbons (Fsp3) is 0.467. The van der Waals surface area contributed by atoms with E-state index in [2.05, 4.69) is 4.74 Å². The van der Waals surface area contributed by atoms with E-state index in [9.17, 15) is 24.9 Å². The van der Waals surface area contributed by atoms with Crippen molar-refractivity contribution >= 4 is 11.9 Å². The van der Waals surface area contributed by atoms with Crippen LogP contribution in [0, 0.1) is 0 Å². The molecular formula is C15H20O8. The number of carbonyl (C=O) groups is 2. The molecule has 0 radical (unpaired) electrons. The first kappa shape index (κ1) is 18.7. The van der Waals surface area contributed by atoms with Crippen molar-refractivity contribution in [2.75, 3.05) is 20.8 Å². The van der Waals surface area contributed by atoms with Crippen LogP contribution >= 0.6 is 0 Å². The zero-order valence-corrected chi connectivity index (χ0v) is 13.1. The van der Waals surface area contributed by atoms with Crippen LogP contribution in [0.25, 0.3) is 0 Å². The van der Waals surface area contributed by atoms with Crippen molar-refractivity contribution in [3.8, 4) is 11.5 Å². The Morgan fingerprint density at radius 3 is 2.17 bits per heavy atom. The average molecular weight is 328 g/mol. The molecule has 1 aromatic carbocycles. The first-order valence-corrected chi connectivity index (χ1v) is 6.86. The summed E-state index contributed by atoms with van der Waals surface area (Å²) < 4.78 is 14.8. The lowest BCUT2D eigenvalue weighted by atomic mass is 9.96. The Morgan fingerprint density at radius 2 is 1.70 bits per heavy atom. The summed E-state index contributed by atoms with van der Waals surface area (Å²) in [7, 11) is 2.69. The highest BCUT2D eigenvalue weighted by Gasteiger charge is 2.28. The van der Waals surface area contributed by atoms with Crippen LogP contribution in [-0.4, -0.2) is 54.2 Å². The molecule has 0 bridgehead atoms. The van der Waals surface area contributed by atoms with Crippen LogP contribution in [0.15, 0.2) is 12.1 Å². The Bertz CT molecular complexity index is 569. The third-order valence-electron chi connectivity index (χ3n) is 3.15. The molecule has 8 heteroatoms. The lowest BCUT2D eigenvalue weighted by molar-refractivity contribution is -0.147. The molecule has 0 fully saturated rings. The van der Waals surface area contributed by atoms with E-state index in [1.165, 1.54) is 26.4 Å². The Balaban J connectivity index is 3.17. The van der Waals surface area contributed by atoms with Gasteiger partial charge in [-0.2, -0.15) is 0 Å². The molecule has 128 valence electrons. The van der Waals surface area contributed by atoms with Gasteiger partial charge in [-0.05, 0) is 19.1 Å². The Hall–Kier alpha value is -2.32. The lowest BCUT2D eigenvalue weighted by Gasteiger charge is -2.20. The molecule has 0 aromatic heterocycles. The summed E-state index contributed by atoms with van der Waals surface area (Å²) in [5.41, 5.74) is -0.356. The van der Waals surface area contributed by atoms with Crippen molar-refractivity contribution in [2.24, 2.45) is 0 Å². The maximum atomic E-state index is 11.4. The number of benzene rings is 1. The predicted octanol–water partition coefficient (Wildman–Crippen LogP) is 0.750. The van der Waals surface area contributed by atoms with E-state index in [0.717, 1.165) is 0 Å². The van der Waals surface area contributed by atoms with Crippen LogP contribution in [0.1, 0.15) is 35.4 Å². The monoisotopic (exact) mass is 328 g/mol. The van der Waals surface area contributed by atoms with Crippen LogP contribution in [0.4, 0.5) is 0 Å². The van der Waals surface area contributed by atoms with Crippen molar-refractivity contribution in [1.29, 1.82) is 0 Å². The second kappa shape index (κ2) is 8.35. The van der Waals surface area contributed by atoms with Crippen LogP contribution < -0.4 is 9.47 Å². The highest BCUT2D eigenvalue weighted by atomic mass is 16.5. The van der Waals surface area contributed by atoms with Crippen LogP contribution in [0.2, 0.25) is 0 Å². The van der Waals surface area contributed by atoms with Gasteiger partial charge in [0.15, 0.2) is 11.5 Å². The number of carboxylic acids is 1. The summed E-state index contributed by atoms with van der Waals surface area (Å²) in [6.45, 7) is 1.75. The standard InChI is InChI=1S/C15H20O8/c1-4-23-13(17)7-10(16)14(18)8-5-11(21-2)12(22-3)6-9(8)15(19)20/h5-6,10,14,16,18H,4,7H2,1-3H3,(H,19,20). The molecule has 0 spiro atoms. The summed E-state index contributed by atoms with van der Waals surface area (Å²) in [5, 5.41) is 29.4. The zero-order chi connectivity index (χ0) is 17.6. The molecule has 1 rings (SSSR count). The van der Waals surface area contributed by atoms with Crippen molar-refractivity contribution in [1.82, 2.24) is 0 Å². The fourth-order valence-electron chi connectivity index (χ4n) is 2.03. The van der Waals surface area contributed by atoms with Crippen molar-refractivity contribution < 1.29 is 39.1 Å². The minimum Gasteiger partial charge on any atom is -0.493 e. The molecule has 0 amide bonds. The predicted molar refractivity (Wildman–Crippen MR) is 78.7 cm³/mol. The third kappa shape index (κ3) is 4.57. The van der Waals surface area contributed by atoms with Gasteiger partial charge >= 0.3 is 11.9 Å². The van der Waals surface area contributed by atoms with Crippen molar-refractivity contribution in [3.63, 3.8) is 0 Å². The molecule has 0 saturated carbocycles. The summed E-state index contributed by atoms with van der Waals surface area (Å²) in [4.78, 5) is 22.7. The highest BCUT2D eigenvalue weighted by molar-refractivity contribution is 5.90. The Labute approximate surface area is 133 Å². The number of carbonyl (C=O) groups excluding carboxylic acids is 1. The number of aliphatic hydroxyl groups excluding tert-OH is 2. The first-order chi connectivity index (χ1) is 10.8. The van der Waals surface area contributed by atoms with E-state index in [4.69, 9.17) is 9.47 Å². The number of rotatable bonds is 8. The minimum absolute atomic E-state index is 0.0908. The van der Waals surface area contributed by atoms with Gasteiger partial charge < -0.3 is 29.5 Å². The topological polar surface area (TPSA) is 123 Å². The number of aliphatic hydroxyl groups is 2. The number of esters is 1. The minimum atomic E-state index is -1.61. The first-order valence-electron chi connectivity index (χ1n) is 6.86. The van der Waals surface area contributed by atoms with E-state index in [1.54, 1.807) is 6.92 Å². The van der Waals surface area contributed by atoms with E-state index in [0.29, 0.717) is 0 Å². The fourth-order valence-corrected chi connectivity index (χ4v) is 2.03. The number of hydrogen-bond donors (Lipinski definition) is 3. The van der Waals surface area contributed by atoms with Gasteiger partial charge in [0.25, 0.3) is 0 Å². The van der Waals surface area contributed by atoms with Crippen LogP contribution in [0.5, 0.6) is 11.5 Å². The van der Waals surface area contributed by atoms with E-state index < -0.39 is 30.6 Å².